The fourth-order valence-electron chi connectivity index (χ4n) is 4.56. The molecule has 0 aliphatic rings. The fraction of sp³-hybridized carbons (Fsp3) is 0.452. The van der Waals surface area contributed by atoms with Gasteiger partial charge in [-0.2, -0.15) is 11.8 Å². The molecule has 240 valence electrons. The number of nitrogens with one attached hydrogen (secondary N) is 4. The number of benzene rings is 2. The molecule has 0 aliphatic heterocycles. The maximum atomic E-state index is 13.0. The van der Waals surface area contributed by atoms with E-state index in [1.54, 1.807) is 24.3 Å². The van der Waals surface area contributed by atoms with Gasteiger partial charge in [-0.25, -0.2) is 0 Å². The van der Waals surface area contributed by atoms with Gasteiger partial charge in [0.05, 0.1) is 12.6 Å². The number of aryl methyl sites for hydroxylation is 2. The number of hydrogen-bond donors (Lipinski definition) is 7. The number of carboxylic acid groups (broad SMARTS) is 1. The molecule has 0 heterocycles. The largest absolute Gasteiger partial charge is 0.508 e. The number of nitrogens with two attached hydrogens (primary N) is 1. The Bertz CT molecular complexity index is 1270. The van der Waals surface area contributed by atoms with E-state index >= 15 is 0 Å². The summed E-state index contributed by atoms with van der Waals surface area (Å²) < 4.78 is 0. The zero-order valence-corrected chi connectivity index (χ0v) is 26.2. The summed E-state index contributed by atoms with van der Waals surface area (Å²) in [5.41, 5.74) is 9.42. The molecule has 12 nitrogen and oxygen atoms in total. The van der Waals surface area contributed by atoms with Crippen LogP contribution in [-0.2, 0) is 36.8 Å². The summed E-state index contributed by atoms with van der Waals surface area (Å²) in [6.07, 6.45) is 2.72. The number of phenolic OH excluding ortho intramolecular Hbond substituents is 1. The van der Waals surface area contributed by atoms with Crippen molar-refractivity contribution < 1.29 is 34.2 Å². The number of thioether (sulfide) groups is 1. The number of phenols is 1. The first-order chi connectivity index (χ1) is 20.9. The average molecular weight is 630 g/mol. The van der Waals surface area contributed by atoms with Crippen LogP contribution in [0.2, 0.25) is 0 Å². The lowest BCUT2D eigenvalue weighted by atomic mass is 9.96. The van der Waals surface area contributed by atoms with Crippen LogP contribution < -0.4 is 27.0 Å². The Balaban J connectivity index is 2.00. The van der Waals surface area contributed by atoms with Crippen molar-refractivity contribution in [2.24, 2.45) is 5.73 Å². The number of hydrogen-bond acceptors (Lipinski definition) is 8. The van der Waals surface area contributed by atoms with Crippen molar-refractivity contribution in [1.29, 1.82) is 0 Å². The third-order valence-electron chi connectivity index (χ3n) is 6.91. The molecule has 0 bridgehead atoms. The van der Waals surface area contributed by atoms with Gasteiger partial charge in [0, 0.05) is 19.4 Å². The van der Waals surface area contributed by atoms with Gasteiger partial charge < -0.3 is 37.2 Å². The molecule has 0 unspecified atom stereocenters. The summed E-state index contributed by atoms with van der Waals surface area (Å²) in [6, 6.07) is 9.42. The molecule has 0 saturated heterocycles. The normalized spacial score (nSPS) is 12.8. The smallest absolute Gasteiger partial charge is 0.303 e. The van der Waals surface area contributed by atoms with Crippen LogP contribution in [-0.4, -0.2) is 83.0 Å². The average Bonchev–Trinajstić information content (AvgIpc) is 2.97. The number of amides is 4. The highest BCUT2D eigenvalue weighted by Crippen LogP contribution is 2.22. The lowest BCUT2D eigenvalue weighted by Crippen LogP contribution is -2.54. The molecule has 4 amide bonds. The standard InChI is InChI=1S/C31H43N5O7S/c1-19-14-22(37)15-20(2)23(19)17-24(32)29(41)36-25(11-13-44-3)30(42)34-18-27(38)35-26(16-21-8-5-4-6-9-21)31(43)33-12-7-10-28(39)40/h4-6,8-9,14-15,24-26,37H,7,10-13,16-18,32H2,1-3H3,(H,33,43)(H,34,42)(H,35,38)(H,36,41)(H,39,40)/t24-,25+,26-/m0/s1. The summed E-state index contributed by atoms with van der Waals surface area (Å²) in [4.78, 5) is 62.4. The second-order valence-corrected chi connectivity index (χ2v) is 11.5. The van der Waals surface area contributed by atoms with Crippen LogP contribution >= 0.6 is 11.8 Å². The quantitative estimate of drug-likeness (QED) is 0.117. The van der Waals surface area contributed by atoms with E-state index in [4.69, 9.17) is 10.8 Å². The fourth-order valence-corrected chi connectivity index (χ4v) is 5.03. The summed E-state index contributed by atoms with van der Waals surface area (Å²) in [6.45, 7) is 3.34. The first-order valence-electron chi connectivity index (χ1n) is 14.4. The maximum Gasteiger partial charge on any atom is 0.303 e. The molecule has 8 N–H and O–H groups in total. The van der Waals surface area contributed by atoms with Crippen LogP contribution in [0.25, 0.3) is 0 Å². The van der Waals surface area contributed by atoms with Gasteiger partial charge in [0.2, 0.25) is 23.6 Å². The predicted octanol–water partition coefficient (Wildman–Crippen LogP) is 0.941. The molecule has 2 rings (SSSR count). The molecule has 0 radical (unpaired) electrons. The SMILES string of the molecule is CSCC[C@@H](NC(=O)[C@@H](N)Cc1c(C)cc(O)cc1C)C(=O)NCC(=O)N[C@@H](Cc1ccccc1)C(=O)NCCCC(=O)O. The second kappa shape index (κ2) is 18.5. The Labute approximate surface area is 261 Å². The van der Waals surface area contributed by atoms with E-state index in [9.17, 15) is 29.1 Å². The number of aliphatic carboxylic acids is 1. The molecule has 2 aromatic rings. The molecule has 0 spiro atoms. The minimum atomic E-state index is -0.972. The van der Waals surface area contributed by atoms with E-state index in [0.29, 0.717) is 12.2 Å². The van der Waals surface area contributed by atoms with Gasteiger partial charge in [-0.3, -0.25) is 24.0 Å². The van der Waals surface area contributed by atoms with Crippen molar-refractivity contribution in [1.82, 2.24) is 21.3 Å². The first-order valence-corrected chi connectivity index (χ1v) is 15.7. The number of rotatable bonds is 18. The van der Waals surface area contributed by atoms with Gasteiger partial charge in [-0.1, -0.05) is 30.3 Å². The minimum absolute atomic E-state index is 0.0999. The number of carbonyl (C=O) groups is 5. The van der Waals surface area contributed by atoms with E-state index in [1.165, 1.54) is 11.8 Å². The monoisotopic (exact) mass is 629 g/mol. The molecule has 0 aromatic heterocycles. The maximum absolute atomic E-state index is 13.0. The van der Waals surface area contributed by atoms with Crippen molar-refractivity contribution in [2.75, 3.05) is 25.1 Å². The lowest BCUT2D eigenvalue weighted by Gasteiger charge is -2.22. The molecule has 13 heteroatoms. The molecule has 2 aromatic carbocycles. The number of carbonyl (C=O) groups excluding carboxylic acids is 4. The second-order valence-electron chi connectivity index (χ2n) is 10.5. The molecule has 0 saturated carbocycles. The van der Waals surface area contributed by atoms with Crippen LogP contribution in [0.5, 0.6) is 5.75 Å². The van der Waals surface area contributed by atoms with Crippen LogP contribution in [0, 0.1) is 13.8 Å². The summed E-state index contributed by atoms with van der Waals surface area (Å²) in [5.74, 6) is -2.45. The van der Waals surface area contributed by atoms with Crippen LogP contribution in [0.3, 0.4) is 0 Å². The van der Waals surface area contributed by atoms with E-state index in [2.05, 4.69) is 21.3 Å². The molecule has 0 fully saturated rings. The minimum Gasteiger partial charge on any atom is -0.508 e. The number of carboxylic acids is 1. The zero-order chi connectivity index (χ0) is 32.6. The molecule has 0 aliphatic carbocycles. The molecular weight excluding hydrogens is 586 g/mol. The Morgan fingerprint density at radius 3 is 2.14 bits per heavy atom. The van der Waals surface area contributed by atoms with Crippen molar-refractivity contribution in [3.8, 4) is 5.75 Å². The Morgan fingerprint density at radius 1 is 0.886 bits per heavy atom. The highest BCUT2D eigenvalue weighted by molar-refractivity contribution is 7.98. The van der Waals surface area contributed by atoms with Crippen molar-refractivity contribution in [3.63, 3.8) is 0 Å². The van der Waals surface area contributed by atoms with E-state index in [-0.39, 0.29) is 38.0 Å². The first kappa shape index (κ1) is 36.1. The lowest BCUT2D eigenvalue weighted by molar-refractivity contribution is -0.137. The van der Waals surface area contributed by atoms with Gasteiger partial charge in [-0.05, 0) is 79.5 Å². The van der Waals surface area contributed by atoms with Gasteiger partial charge >= 0.3 is 5.97 Å². The summed E-state index contributed by atoms with van der Waals surface area (Å²) in [7, 11) is 0. The van der Waals surface area contributed by atoms with Crippen molar-refractivity contribution >= 4 is 41.4 Å². The van der Waals surface area contributed by atoms with Gasteiger partial charge in [0.15, 0.2) is 0 Å². The Morgan fingerprint density at radius 2 is 1.52 bits per heavy atom. The van der Waals surface area contributed by atoms with E-state index < -0.39 is 54.3 Å². The van der Waals surface area contributed by atoms with Gasteiger partial charge in [0.1, 0.15) is 17.8 Å². The van der Waals surface area contributed by atoms with E-state index in [1.807, 2.05) is 38.3 Å². The van der Waals surface area contributed by atoms with Gasteiger partial charge in [0.25, 0.3) is 0 Å². The van der Waals surface area contributed by atoms with Crippen LogP contribution in [0.4, 0.5) is 0 Å². The third kappa shape index (κ3) is 12.6. The third-order valence-corrected chi connectivity index (χ3v) is 7.55. The Kier molecular flexibility index (Phi) is 15.2. The number of aromatic hydroxyl groups is 1. The van der Waals surface area contributed by atoms with Crippen LogP contribution in [0.15, 0.2) is 42.5 Å². The highest BCUT2D eigenvalue weighted by Gasteiger charge is 2.26. The molecular formula is C31H43N5O7S. The topological polar surface area (TPSA) is 200 Å². The predicted molar refractivity (Wildman–Crippen MR) is 169 cm³/mol. The van der Waals surface area contributed by atoms with Crippen molar-refractivity contribution in [2.45, 2.75) is 64.1 Å². The Hall–Kier alpha value is -4.10. The van der Waals surface area contributed by atoms with Gasteiger partial charge in [-0.15, -0.1) is 0 Å². The zero-order valence-electron chi connectivity index (χ0n) is 25.4. The van der Waals surface area contributed by atoms with Crippen molar-refractivity contribution in [3.05, 3.63) is 64.7 Å². The highest BCUT2D eigenvalue weighted by atomic mass is 32.2. The summed E-state index contributed by atoms with van der Waals surface area (Å²) >= 11 is 1.49. The summed E-state index contributed by atoms with van der Waals surface area (Å²) in [5, 5.41) is 29.1. The molecule has 44 heavy (non-hydrogen) atoms. The van der Waals surface area contributed by atoms with Crippen LogP contribution in [0.1, 0.15) is 41.5 Å². The van der Waals surface area contributed by atoms with E-state index in [0.717, 1.165) is 22.3 Å². The molecule has 3 atom stereocenters.